The van der Waals surface area contributed by atoms with Gasteiger partial charge in [0, 0.05) is 12.2 Å². The van der Waals surface area contributed by atoms with Gasteiger partial charge in [0.1, 0.15) is 9.92 Å². The Morgan fingerprint density at radius 1 is 1.21 bits per heavy atom. The number of nitrogens with zero attached hydrogens (tertiary/aromatic N) is 2. The van der Waals surface area contributed by atoms with Gasteiger partial charge in [0.15, 0.2) is 0 Å². The molecule has 150 valence electrons. The number of carbonyl (C=O) groups is 2. The monoisotopic (exact) mass is 402 g/mol. The van der Waals surface area contributed by atoms with Crippen molar-refractivity contribution in [3.8, 4) is 0 Å². The second kappa shape index (κ2) is 6.29. The summed E-state index contributed by atoms with van der Waals surface area (Å²) in [5, 5.41) is 2.95. The van der Waals surface area contributed by atoms with E-state index in [2.05, 4.69) is 25.4 Å². The SMILES string of the molecule is CN1CCC2(C1)CS(=O)(=NC(=O)Nc1c3c(cc4c1CCC4)CCC3)NC2=O. The maximum Gasteiger partial charge on any atom is 0.354 e. The zero-order valence-corrected chi connectivity index (χ0v) is 17.0. The van der Waals surface area contributed by atoms with Crippen LogP contribution >= 0.6 is 0 Å². The number of hydrogen-bond donors (Lipinski definition) is 2. The Balaban J connectivity index is 1.43. The van der Waals surface area contributed by atoms with Crippen LogP contribution in [0.2, 0.25) is 0 Å². The van der Waals surface area contributed by atoms with E-state index in [1.807, 2.05) is 7.05 Å². The number of amides is 3. The third-order valence-corrected chi connectivity index (χ3v) is 8.59. The van der Waals surface area contributed by atoms with Crippen LogP contribution in [0.5, 0.6) is 0 Å². The Kier molecular flexibility index (Phi) is 4.07. The number of aryl methyl sites for hydroxylation is 2. The summed E-state index contributed by atoms with van der Waals surface area (Å²) in [4.78, 5) is 27.3. The van der Waals surface area contributed by atoms with Crippen molar-refractivity contribution in [2.75, 3.05) is 31.2 Å². The first-order valence-corrected chi connectivity index (χ1v) is 11.8. The van der Waals surface area contributed by atoms with Crippen LogP contribution in [-0.4, -0.2) is 46.9 Å². The van der Waals surface area contributed by atoms with E-state index in [1.54, 1.807) is 0 Å². The van der Waals surface area contributed by atoms with Gasteiger partial charge < -0.3 is 10.2 Å². The van der Waals surface area contributed by atoms with Gasteiger partial charge in [0.05, 0.1) is 11.2 Å². The fraction of sp³-hybridized carbons (Fsp3) is 0.600. The lowest BCUT2D eigenvalue weighted by atomic mass is 9.89. The third kappa shape index (κ3) is 2.85. The number of urea groups is 1. The lowest BCUT2D eigenvalue weighted by molar-refractivity contribution is -0.126. The normalized spacial score (nSPS) is 31.1. The first-order chi connectivity index (χ1) is 13.4. The van der Waals surface area contributed by atoms with Crippen molar-refractivity contribution in [1.82, 2.24) is 9.62 Å². The van der Waals surface area contributed by atoms with Gasteiger partial charge in [0.25, 0.3) is 0 Å². The Morgan fingerprint density at radius 2 is 1.89 bits per heavy atom. The number of carbonyl (C=O) groups excluding carboxylic acids is 2. The zero-order valence-electron chi connectivity index (χ0n) is 16.2. The van der Waals surface area contributed by atoms with E-state index in [9.17, 15) is 13.8 Å². The first kappa shape index (κ1) is 18.1. The highest BCUT2D eigenvalue weighted by molar-refractivity contribution is 7.93. The van der Waals surface area contributed by atoms with Crippen LogP contribution in [0, 0.1) is 5.41 Å². The Bertz CT molecular complexity index is 979. The molecule has 1 aromatic rings. The van der Waals surface area contributed by atoms with Gasteiger partial charge in [0.2, 0.25) is 5.91 Å². The summed E-state index contributed by atoms with van der Waals surface area (Å²) in [5.74, 6) is -0.124. The molecule has 0 saturated carbocycles. The van der Waals surface area contributed by atoms with Gasteiger partial charge in [-0.2, -0.15) is 0 Å². The Labute approximate surface area is 165 Å². The largest absolute Gasteiger partial charge is 0.354 e. The molecule has 4 aliphatic rings. The summed E-state index contributed by atoms with van der Waals surface area (Å²) in [6.45, 7) is 1.35. The van der Waals surface area contributed by atoms with Crippen molar-refractivity contribution in [3.63, 3.8) is 0 Å². The van der Waals surface area contributed by atoms with E-state index < -0.39 is 21.4 Å². The van der Waals surface area contributed by atoms with Gasteiger partial charge in [-0.1, -0.05) is 6.07 Å². The number of rotatable bonds is 1. The number of hydrogen-bond acceptors (Lipinski definition) is 4. The van der Waals surface area contributed by atoms with Crippen LogP contribution in [0.1, 0.15) is 41.5 Å². The van der Waals surface area contributed by atoms with Crippen molar-refractivity contribution in [1.29, 1.82) is 0 Å². The highest BCUT2D eigenvalue weighted by Crippen LogP contribution is 2.39. The molecule has 2 N–H and O–H groups in total. The quantitative estimate of drug-likeness (QED) is 0.752. The van der Waals surface area contributed by atoms with Gasteiger partial charge in [-0.05, 0) is 80.8 Å². The van der Waals surface area contributed by atoms with E-state index in [1.165, 1.54) is 22.3 Å². The summed E-state index contributed by atoms with van der Waals surface area (Å²) in [7, 11) is -1.13. The smallest absolute Gasteiger partial charge is 0.305 e. The number of nitrogens with one attached hydrogen (secondary N) is 2. The molecule has 7 nitrogen and oxygen atoms in total. The second-order valence-electron chi connectivity index (χ2n) is 8.74. The molecule has 1 spiro atoms. The molecule has 28 heavy (non-hydrogen) atoms. The molecule has 2 fully saturated rings. The van der Waals surface area contributed by atoms with Gasteiger partial charge >= 0.3 is 6.03 Å². The van der Waals surface area contributed by atoms with Gasteiger partial charge in [-0.3, -0.25) is 9.52 Å². The summed E-state index contributed by atoms with van der Waals surface area (Å²) < 4.78 is 19.7. The van der Waals surface area contributed by atoms with Gasteiger partial charge in [-0.15, -0.1) is 4.36 Å². The van der Waals surface area contributed by atoms with Crippen LogP contribution < -0.4 is 10.0 Å². The number of benzene rings is 1. The Hall–Kier alpha value is -1.93. The summed E-state index contributed by atoms with van der Waals surface area (Å²) in [5.41, 5.74) is 5.28. The lowest BCUT2D eigenvalue weighted by Gasteiger charge is -2.17. The molecular weight excluding hydrogens is 376 g/mol. The molecule has 3 amide bonds. The zero-order chi connectivity index (χ0) is 19.5. The minimum atomic E-state index is -3.08. The van der Waals surface area contributed by atoms with Crippen LogP contribution in [-0.2, 0) is 40.4 Å². The molecule has 0 aromatic heterocycles. The lowest BCUT2D eigenvalue weighted by Crippen LogP contribution is -2.35. The van der Waals surface area contributed by atoms with E-state index in [-0.39, 0.29) is 11.7 Å². The topological polar surface area (TPSA) is 90.9 Å². The molecule has 0 radical (unpaired) electrons. The number of likely N-dealkylation sites (tertiary alicyclic amines) is 1. The maximum absolute atomic E-state index is 13.2. The van der Waals surface area contributed by atoms with E-state index in [4.69, 9.17) is 0 Å². The highest BCUT2D eigenvalue weighted by Gasteiger charge is 2.52. The van der Waals surface area contributed by atoms with E-state index in [0.29, 0.717) is 13.0 Å². The van der Waals surface area contributed by atoms with Crippen molar-refractivity contribution in [2.24, 2.45) is 9.78 Å². The average molecular weight is 403 g/mol. The van der Waals surface area contributed by atoms with Crippen molar-refractivity contribution in [2.45, 2.75) is 44.9 Å². The minimum Gasteiger partial charge on any atom is -0.305 e. The van der Waals surface area contributed by atoms with E-state index in [0.717, 1.165) is 50.8 Å². The molecule has 2 aliphatic heterocycles. The number of fused-ring (bicyclic) bond motifs is 2. The van der Waals surface area contributed by atoms with Gasteiger partial charge in [-0.25, -0.2) is 9.00 Å². The molecule has 2 heterocycles. The molecule has 2 atom stereocenters. The standard InChI is InChI=1S/C20H26N4O3S/c1-24-9-8-20(11-24)12-28(27,22-18(20)25)23-19(26)21-17-15-6-2-4-13(15)10-14-5-3-7-16(14)17/h10H,2-9,11-12H2,1H3,(H2,21,22,23,25,26,27). The highest BCUT2D eigenvalue weighted by atomic mass is 32.2. The van der Waals surface area contributed by atoms with Crippen LogP contribution in [0.3, 0.4) is 0 Å². The molecule has 2 aliphatic carbocycles. The summed E-state index contributed by atoms with van der Waals surface area (Å²) in [6, 6.07) is 1.69. The Morgan fingerprint density at radius 3 is 2.50 bits per heavy atom. The molecule has 1 aromatic carbocycles. The summed E-state index contributed by atoms with van der Waals surface area (Å²) in [6.07, 6.45) is 6.86. The third-order valence-electron chi connectivity index (χ3n) is 6.69. The molecule has 0 bridgehead atoms. The minimum absolute atomic E-state index is 0.113. The molecule has 5 rings (SSSR count). The van der Waals surface area contributed by atoms with Crippen LogP contribution in [0.25, 0.3) is 0 Å². The predicted octanol–water partition coefficient (Wildman–Crippen LogP) is 2.03. The van der Waals surface area contributed by atoms with Crippen molar-refractivity contribution >= 4 is 27.5 Å². The maximum atomic E-state index is 13.2. The molecule has 8 heteroatoms. The summed E-state index contributed by atoms with van der Waals surface area (Å²) >= 11 is 0. The number of anilines is 1. The molecule has 2 saturated heterocycles. The van der Waals surface area contributed by atoms with Crippen molar-refractivity contribution in [3.05, 3.63) is 28.3 Å². The van der Waals surface area contributed by atoms with Crippen molar-refractivity contribution < 1.29 is 13.8 Å². The molecular formula is C20H26N4O3S. The predicted molar refractivity (Wildman–Crippen MR) is 108 cm³/mol. The fourth-order valence-electron chi connectivity index (χ4n) is 5.40. The fourth-order valence-corrected chi connectivity index (χ4v) is 7.52. The van der Waals surface area contributed by atoms with E-state index >= 15 is 0 Å². The van der Waals surface area contributed by atoms with Crippen LogP contribution in [0.4, 0.5) is 10.5 Å². The second-order valence-corrected chi connectivity index (χ2v) is 10.7. The first-order valence-electron chi connectivity index (χ1n) is 10.1. The molecule has 2 unspecified atom stereocenters. The average Bonchev–Trinajstić information content (AvgIpc) is 3.36. The van der Waals surface area contributed by atoms with Crippen LogP contribution in [0.15, 0.2) is 10.4 Å².